The number of aliphatic hydroxyl groups is 1. The summed E-state index contributed by atoms with van der Waals surface area (Å²) in [5.74, 6) is -9.62. The Morgan fingerprint density at radius 2 is 1.68 bits per heavy atom. The van der Waals surface area contributed by atoms with E-state index in [2.05, 4.69) is 11.5 Å². The Kier molecular flexibility index (Phi) is 5.90. The first-order valence-electron chi connectivity index (χ1n) is 6.23. The first-order chi connectivity index (χ1) is 10.1. The Labute approximate surface area is 123 Å². The van der Waals surface area contributed by atoms with E-state index in [-0.39, 0.29) is 6.61 Å². The van der Waals surface area contributed by atoms with Crippen molar-refractivity contribution in [3.05, 3.63) is 41.5 Å². The molecule has 1 N–H and O–H groups in total. The van der Waals surface area contributed by atoms with Crippen LogP contribution in [0.3, 0.4) is 0 Å². The standard InChI is InChI=1S/C14H15F5O3/c1-4-14(2,3)21-6-7(20)5-8-9(15)10(16)11(17)12(18)13(8)22-19/h4,7,20H,1,5-6H2,2-3H3. The summed E-state index contributed by atoms with van der Waals surface area (Å²) >= 11 is 0. The van der Waals surface area contributed by atoms with Gasteiger partial charge in [-0.25, -0.2) is 13.2 Å². The second kappa shape index (κ2) is 7.06. The van der Waals surface area contributed by atoms with Crippen molar-refractivity contribution < 1.29 is 36.9 Å². The monoisotopic (exact) mass is 326 g/mol. The predicted octanol–water partition coefficient (Wildman–Crippen LogP) is 3.39. The highest BCUT2D eigenvalue weighted by atomic mass is 19.3. The van der Waals surface area contributed by atoms with Gasteiger partial charge in [0.2, 0.25) is 17.4 Å². The fraction of sp³-hybridized carbons (Fsp3) is 0.429. The average Bonchev–Trinajstić information content (AvgIpc) is 2.49. The molecule has 0 fully saturated rings. The maximum atomic E-state index is 13.6. The van der Waals surface area contributed by atoms with Gasteiger partial charge in [-0.05, 0) is 13.8 Å². The van der Waals surface area contributed by atoms with Gasteiger partial charge in [-0.1, -0.05) is 6.08 Å². The third-order valence-electron chi connectivity index (χ3n) is 2.97. The summed E-state index contributed by atoms with van der Waals surface area (Å²) < 4.78 is 70.6. The minimum atomic E-state index is -2.20. The molecule has 0 saturated heterocycles. The summed E-state index contributed by atoms with van der Waals surface area (Å²) in [6, 6.07) is 0. The SMILES string of the molecule is C=CC(C)(C)OCC(O)Cc1c(F)c(F)c(F)c(F)c1OF. The average molecular weight is 326 g/mol. The summed E-state index contributed by atoms with van der Waals surface area (Å²) in [4.78, 5) is 3.07. The molecule has 0 aromatic heterocycles. The van der Waals surface area contributed by atoms with Crippen LogP contribution in [-0.4, -0.2) is 23.4 Å². The Morgan fingerprint density at radius 1 is 1.14 bits per heavy atom. The Balaban J connectivity index is 3.00. The summed E-state index contributed by atoms with van der Waals surface area (Å²) in [7, 11) is 0. The summed E-state index contributed by atoms with van der Waals surface area (Å²) in [6.45, 7) is 6.39. The number of hydrogen-bond donors (Lipinski definition) is 1. The lowest BCUT2D eigenvalue weighted by Gasteiger charge is -2.23. The van der Waals surface area contributed by atoms with E-state index in [1.54, 1.807) is 13.8 Å². The molecule has 0 spiro atoms. The van der Waals surface area contributed by atoms with Crippen molar-refractivity contribution in [2.24, 2.45) is 0 Å². The van der Waals surface area contributed by atoms with Crippen LogP contribution in [0.25, 0.3) is 0 Å². The van der Waals surface area contributed by atoms with Gasteiger partial charge in [0.05, 0.1) is 18.3 Å². The van der Waals surface area contributed by atoms with Crippen LogP contribution in [0, 0.1) is 23.3 Å². The molecule has 0 radical (unpaired) electrons. The highest BCUT2D eigenvalue weighted by Crippen LogP contribution is 2.32. The number of benzene rings is 1. The van der Waals surface area contributed by atoms with Gasteiger partial charge in [0.1, 0.15) is 0 Å². The Bertz CT molecular complexity index is 560. The number of rotatable bonds is 7. The second-order valence-corrected chi connectivity index (χ2v) is 5.12. The Morgan fingerprint density at radius 3 is 2.18 bits per heavy atom. The first-order valence-corrected chi connectivity index (χ1v) is 6.23. The zero-order valence-corrected chi connectivity index (χ0v) is 11.9. The van der Waals surface area contributed by atoms with Crippen molar-refractivity contribution >= 4 is 0 Å². The minimum absolute atomic E-state index is 0.356. The van der Waals surface area contributed by atoms with Crippen molar-refractivity contribution in [3.63, 3.8) is 0 Å². The van der Waals surface area contributed by atoms with Gasteiger partial charge in [-0.3, -0.25) is 4.94 Å². The molecule has 22 heavy (non-hydrogen) atoms. The molecule has 124 valence electrons. The van der Waals surface area contributed by atoms with E-state index >= 15 is 0 Å². The molecule has 0 aliphatic carbocycles. The van der Waals surface area contributed by atoms with Crippen molar-refractivity contribution in [2.75, 3.05) is 6.61 Å². The Hall–Kier alpha value is -1.67. The maximum Gasteiger partial charge on any atom is 0.216 e. The van der Waals surface area contributed by atoms with Crippen molar-refractivity contribution in [1.29, 1.82) is 0 Å². The lowest BCUT2D eigenvalue weighted by atomic mass is 10.0. The molecule has 1 rings (SSSR count). The minimum Gasteiger partial charge on any atom is -0.390 e. The van der Waals surface area contributed by atoms with Crippen molar-refractivity contribution in [3.8, 4) is 5.75 Å². The number of ether oxygens (including phenoxy) is 1. The van der Waals surface area contributed by atoms with Gasteiger partial charge in [0.25, 0.3) is 0 Å². The quantitative estimate of drug-likeness (QED) is 0.361. The molecule has 1 aromatic rings. The molecule has 1 aromatic carbocycles. The zero-order chi connectivity index (χ0) is 17.1. The lowest BCUT2D eigenvalue weighted by molar-refractivity contribution is -0.0350. The van der Waals surface area contributed by atoms with Crippen LogP contribution in [-0.2, 0) is 11.2 Å². The van der Waals surface area contributed by atoms with E-state index in [4.69, 9.17) is 4.74 Å². The molecule has 0 aliphatic heterocycles. The lowest BCUT2D eigenvalue weighted by Crippen LogP contribution is -2.28. The third-order valence-corrected chi connectivity index (χ3v) is 2.97. The first kappa shape index (κ1) is 18.4. The van der Waals surface area contributed by atoms with Crippen molar-refractivity contribution in [2.45, 2.75) is 32.0 Å². The van der Waals surface area contributed by atoms with Crippen LogP contribution in [0.15, 0.2) is 12.7 Å². The molecule has 0 aliphatic rings. The molecular formula is C14H15F5O3. The largest absolute Gasteiger partial charge is 0.390 e. The number of hydrogen-bond acceptors (Lipinski definition) is 3. The summed E-state index contributed by atoms with van der Waals surface area (Å²) in [6.07, 6.45) is -0.744. The second-order valence-electron chi connectivity index (χ2n) is 5.12. The predicted molar refractivity (Wildman–Crippen MR) is 67.9 cm³/mol. The molecule has 8 heteroatoms. The van der Waals surface area contributed by atoms with Crippen LogP contribution in [0.2, 0.25) is 0 Å². The van der Waals surface area contributed by atoms with Crippen LogP contribution in [0.4, 0.5) is 22.1 Å². The third kappa shape index (κ3) is 3.95. The topological polar surface area (TPSA) is 38.7 Å². The van der Waals surface area contributed by atoms with Gasteiger partial charge >= 0.3 is 0 Å². The van der Waals surface area contributed by atoms with Gasteiger partial charge in [-0.2, -0.15) is 4.39 Å². The zero-order valence-electron chi connectivity index (χ0n) is 11.9. The fourth-order valence-electron chi connectivity index (χ4n) is 1.58. The normalized spacial score (nSPS) is 13.1. The molecule has 0 bridgehead atoms. The molecule has 0 saturated carbocycles. The molecule has 3 nitrogen and oxygen atoms in total. The highest BCUT2D eigenvalue weighted by molar-refractivity contribution is 5.38. The summed E-state index contributed by atoms with van der Waals surface area (Å²) in [5, 5.41) is 9.71. The molecule has 0 heterocycles. The van der Waals surface area contributed by atoms with Gasteiger partial charge in [0.15, 0.2) is 11.6 Å². The van der Waals surface area contributed by atoms with E-state index in [1.165, 1.54) is 6.08 Å². The van der Waals surface area contributed by atoms with E-state index in [9.17, 15) is 27.2 Å². The van der Waals surface area contributed by atoms with Crippen molar-refractivity contribution in [1.82, 2.24) is 0 Å². The van der Waals surface area contributed by atoms with Crippen LogP contribution in [0.5, 0.6) is 5.75 Å². The van der Waals surface area contributed by atoms with E-state index in [1.807, 2.05) is 0 Å². The van der Waals surface area contributed by atoms with Crippen LogP contribution in [0.1, 0.15) is 19.4 Å². The highest BCUT2D eigenvalue weighted by Gasteiger charge is 2.29. The van der Waals surface area contributed by atoms with Crippen LogP contribution >= 0.6 is 0 Å². The molecule has 1 atom stereocenters. The molecular weight excluding hydrogens is 311 g/mol. The molecule has 0 amide bonds. The van der Waals surface area contributed by atoms with Gasteiger partial charge in [0, 0.05) is 16.5 Å². The van der Waals surface area contributed by atoms with Gasteiger partial charge in [-0.15, -0.1) is 6.58 Å². The fourth-order valence-corrected chi connectivity index (χ4v) is 1.58. The van der Waals surface area contributed by atoms with E-state index < -0.39 is 52.7 Å². The maximum absolute atomic E-state index is 13.6. The van der Waals surface area contributed by atoms with Gasteiger partial charge < -0.3 is 9.84 Å². The summed E-state index contributed by atoms with van der Waals surface area (Å²) in [5.41, 5.74) is -1.77. The molecule has 1 unspecified atom stereocenters. The number of halogens is 5. The van der Waals surface area contributed by atoms with E-state index in [0.717, 1.165) is 0 Å². The van der Waals surface area contributed by atoms with Crippen LogP contribution < -0.4 is 4.94 Å². The smallest absolute Gasteiger partial charge is 0.216 e. The number of aliphatic hydroxyl groups excluding tert-OH is 1. The van der Waals surface area contributed by atoms with E-state index in [0.29, 0.717) is 0 Å².